The van der Waals surface area contributed by atoms with Crippen LogP contribution in [0.25, 0.3) is 0 Å². The van der Waals surface area contributed by atoms with E-state index in [4.69, 9.17) is 6.42 Å². The van der Waals surface area contributed by atoms with Crippen molar-refractivity contribution in [1.29, 1.82) is 0 Å². The Bertz CT molecular complexity index is 797. The third-order valence-corrected chi connectivity index (χ3v) is 4.26. The molecule has 2 heterocycles. The van der Waals surface area contributed by atoms with Crippen LogP contribution in [-0.2, 0) is 18.4 Å². The third kappa shape index (κ3) is 4.32. The molecule has 1 aliphatic heterocycles. The van der Waals surface area contributed by atoms with Crippen molar-refractivity contribution in [2.24, 2.45) is 17.3 Å². The Morgan fingerprint density at radius 3 is 2.64 bits per heavy atom. The molecular formula is C19H21N5O. The predicted octanol–water partition coefficient (Wildman–Crippen LogP) is 3.31. The molecule has 1 amide bonds. The van der Waals surface area contributed by atoms with Crippen molar-refractivity contribution in [2.75, 3.05) is 4.90 Å². The Morgan fingerprint density at radius 1 is 1.28 bits per heavy atom. The molecule has 2 aromatic rings. The summed E-state index contributed by atoms with van der Waals surface area (Å²) in [5, 5.41) is 12.4. The monoisotopic (exact) mass is 335 g/mol. The molecule has 1 aromatic carbocycles. The average Bonchev–Trinajstić information content (AvgIpc) is 3.29. The SMILES string of the molecule is C#CCCC1(CCC(=O)N(Cc2cnn(C)c2)c2ccccc2)N=N1. The Morgan fingerprint density at radius 2 is 2.04 bits per heavy atom. The Kier molecular flexibility index (Phi) is 4.94. The molecule has 128 valence electrons. The van der Waals surface area contributed by atoms with E-state index < -0.39 is 5.66 Å². The van der Waals surface area contributed by atoms with Gasteiger partial charge in [0.1, 0.15) is 0 Å². The van der Waals surface area contributed by atoms with Gasteiger partial charge in [0.15, 0.2) is 5.66 Å². The number of anilines is 1. The minimum atomic E-state index is -0.432. The Balaban J connectivity index is 1.68. The topological polar surface area (TPSA) is 62.9 Å². The minimum Gasteiger partial charge on any atom is -0.308 e. The molecule has 0 unspecified atom stereocenters. The summed E-state index contributed by atoms with van der Waals surface area (Å²) in [6.07, 6.45) is 11.3. The maximum atomic E-state index is 12.9. The van der Waals surface area contributed by atoms with Crippen molar-refractivity contribution >= 4 is 11.6 Å². The van der Waals surface area contributed by atoms with Crippen molar-refractivity contribution in [3.63, 3.8) is 0 Å². The Labute approximate surface area is 147 Å². The number of carbonyl (C=O) groups is 1. The highest BCUT2D eigenvalue weighted by molar-refractivity contribution is 5.93. The van der Waals surface area contributed by atoms with E-state index in [2.05, 4.69) is 21.2 Å². The fourth-order valence-corrected chi connectivity index (χ4v) is 2.78. The maximum Gasteiger partial charge on any atom is 0.227 e. The van der Waals surface area contributed by atoms with Gasteiger partial charge >= 0.3 is 0 Å². The van der Waals surface area contributed by atoms with Gasteiger partial charge in [0, 0.05) is 50.2 Å². The van der Waals surface area contributed by atoms with Gasteiger partial charge in [-0.25, -0.2) is 0 Å². The summed E-state index contributed by atoms with van der Waals surface area (Å²) in [4.78, 5) is 14.7. The second-order valence-corrected chi connectivity index (χ2v) is 6.22. The molecule has 0 spiro atoms. The number of carbonyl (C=O) groups excluding carboxylic acids is 1. The van der Waals surface area contributed by atoms with Gasteiger partial charge in [-0.2, -0.15) is 15.3 Å². The number of hydrogen-bond acceptors (Lipinski definition) is 4. The molecule has 0 bridgehead atoms. The van der Waals surface area contributed by atoms with Crippen LogP contribution in [-0.4, -0.2) is 21.4 Å². The molecule has 0 N–H and O–H groups in total. The summed E-state index contributed by atoms with van der Waals surface area (Å²) >= 11 is 0. The summed E-state index contributed by atoms with van der Waals surface area (Å²) < 4.78 is 1.74. The standard InChI is InChI=1S/C19H21N5O/c1-3-4-11-19(21-22-19)12-10-18(25)24(17-8-6-5-7-9-17)15-16-13-20-23(2)14-16/h1,5-9,13-14H,4,10-12,15H2,2H3. The summed E-state index contributed by atoms with van der Waals surface area (Å²) in [5.41, 5.74) is 1.43. The molecule has 1 aliphatic rings. The van der Waals surface area contributed by atoms with Crippen LogP contribution in [0.1, 0.15) is 31.2 Å². The second kappa shape index (κ2) is 7.31. The molecule has 6 heteroatoms. The Hall–Kier alpha value is -2.94. The van der Waals surface area contributed by atoms with Crippen molar-refractivity contribution in [3.8, 4) is 12.3 Å². The molecular weight excluding hydrogens is 314 g/mol. The highest BCUT2D eigenvalue weighted by atomic mass is 16.2. The van der Waals surface area contributed by atoms with E-state index >= 15 is 0 Å². The summed E-state index contributed by atoms with van der Waals surface area (Å²) in [6, 6.07) is 9.67. The molecule has 0 saturated carbocycles. The zero-order chi connectivity index (χ0) is 17.7. The smallest absolute Gasteiger partial charge is 0.227 e. The number of rotatable bonds is 8. The predicted molar refractivity (Wildman–Crippen MR) is 95.7 cm³/mol. The average molecular weight is 335 g/mol. The van der Waals surface area contributed by atoms with Gasteiger partial charge in [-0.3, -0.25) is 9.48 Å². The third-order valence-electron chi connectivity index (χ3n) is 4.26. The molecule has 6 nitrogen and oxygen atoms in total. The lowest BCUT2D eigenvalue weighted by Crippen LogP contribution is -2.31. The van der Waals surface area contributed by atoms with Crippen molar-refractivity contribution in [1.82, 2.24) is 9.78 Å². The first kappa shape index (κ1) is 16.9. The normalized spacial score (nSPS) is 14.1. The van der Waals surface area contributed by atoms with Crippen molar-refractivity contribution < 1.29 is 4.79 Å². The number of amides is 1. The van der Waals surface area contributed by atoms with E-state index in [0.717, 1.165) is 11.3 Å². The van der Waals surface area contributed by atoms with Gasteiger partial charge in [-0.15, -0.1) is 12.3 Å². The first-order valence-electron chi connectivity index (χ1n) is 8.32. The molecule has 0 saturated heterocycles. The number of benzene rings is 1. The molecule has 0 radical (unpaired) electrons. The number of hydrogen-bond donors (Lipinski definition) is 0. The van der Waals surface area contributed by atoms with Crippen LogP contribution >= 0.6 is 0 Å². The quantitative estimate of drug-likeness (QED) is 0.695. The van der Waals surface area contributed by atoms with Crippen LogP contribution in [0, 0.1) is 12.3 Å². The van der Waals surface area contributed by atoms with Crippen LogP contribution in [0.4, 0.5) is 5.69 Å². The van der Waals surface area contributed by atoms with Gasteiger partial charge in [0.25, 0.3) is 0 Å². The van der Waals surface area contributed by atoms with Gasteiger partial charge in [0.05, 0.1) is 12.7 Å². The molecule has 0 aliphatic carbocycles. The number of terminal acetylenes is 1. The maximum absolute atomic E-state index is 12.9. The zero-order valence-corrected chi connectivity index (χ0v) is 14.3. The number of aryl methyl sites for hydroxylation is 1. The fraction of sp³-hybridized carbons (Fsp3) is 0.368. The summed E-state index contributed by atoms with van der Waals surface area (Å²) in [7, 11) is 1.86. The van der Waals surface area contributed by atoms with E-state index in [1.807, 2.05) is 43.6 Å². The van der Waals surface area contributed by atoms with Crippen LogP contribution in [0.2, 0.25) is 0 Å². The number of nitrogens with zero attached hydrogens (tertiary/aromatic N) is 5. The molecule has 25 heavy (non-hydrogen) atoms. The second-order valence-electron chi connectivity index (χ2n) is 6.22. The van der Waals surface area contributed by atoms with Crippen LogP contribution in [0.5, 0.6) is 0 Å². The fourth-order valence-electron chi connectivity index (χ4n) is 2.78. The summed E-state index contributed by atoms with van der Waals surface area (Å²) in [6.45, 7) is 0.488. The lowest BCUT2D eigenvalue weighted by atomic mass is 10.0. The van der Waals surface area contributed by atoms with Crippen molar-refractivity contribution in [2.45, 2.75) is 37.9 Å². The summed E-state index contributed by atoms with van der Waals surface area (Å²) in [5.74, 6) is 2.66. The van der Waals surface area contributed by atoms with E-state index in [9.17, 15) is 4.79 Å². The largest absolute Gasteiger partial charge is 0.308 e. The van der Waals surface area contributed by atoms with E-state index in [-0.39, 0.29) is 5.91 Å². The van der Waals surface area contributed by atoms with Crippen LogP contribution in [0.15, 0.2) is 53.0 Å². The first-order chi connectivity index (χ1) is 12.1. The lowest BCUT2D eigenvalue weighted by molar-refractivity contribution is -0.119. The van der Waals surface area contributed by atoms with Gasteiger partial charge < -0.3 is 4.90 Å². The van der Waals surface area contributed by atoms with Crippen molar-refractivity contribution in [3.05, 3.63) is 48.3 Å². The van der Waals surface area contributed by atoms with Crippen LogP contribution in [0.3, 0.4) is 0 Å². The molecule has 3 rings (SSSR count). The highest BCUT2D eigenvalue weighted by Crippen LogP contribution is 2.38. The first-order valence-corrected chi connectivity index (χ1v) is 8.32. The minimum absolute atomic E-state index is 0.0486. The van der Waals surface area contributed by atoms with Gasteiger partial charge in [0.2, 0.25) is 5.91 Å². The van der Waals surface area contributed by atoms with E-state index in [1.54, 1.807) is 15.8 Å². The van der Waals surface area contributed by atoms with E-state index in [1.165, 1.54) is 0 Å². The highest BCUT2D eigenvalue weighted by Gasteiger charge is 2.39. The number of para-hydroxylation sites is 1. The molecule has 0 fully saturated rings. The van der Waals surface area contributed by atoms with Gasteiger partial charge in [-0.05, 0) is 12.1 Å². The molecule has 1 aromatic heterocycles. The van der Waals surface area contributed by atoms with Gasteiger partial charge in [-0.1, -0.05) is 18.2 Å². The molecule has 0 atom stereocenters. The van der Waals surface area contributed by atoms with E-state index in [0.29, 0.717) is 32.2 Å². The zero-order valence-electron chi connectivity index (χ0n) is 14.3. The number of aromatic nitrogens is 2. The lowest BCUT2D eigenvalue weighted by Gasteiger charge is -2.23. The van der Waals surface area contributed by atoms with Crippen LogP contribution < -0.4 is 4.90 Å².